The lowest BCUT2D eigenvalue weighted by Gasteiger charge is -2.06. The molecule has 0 atom stereocenters. The second-order valence-electron chi connectivity index (χ2n) is 5.50. The van der Waals surface area contributed by atoms with E-state index in [0.717, 1.165) is 24.5 Å². The molecule has 0 saturated heterocycles. The predicted molar refractivity (Wildman–Crippen MR) is 84.3 cm³/mol. The maximum Gasteiger partial charge on any atom is 0.0825 e. The van der Waals surface area contributed by atoms with Crippen molar-refractivity contribution in [2.24, 2.45) is 13.0 Å². The van der Waals surface area contributed by atoms with Gasteiger partial charge in [-0.05, 0) is 25.3 Å². The molecule has 2 aromatic rings. The van der Waals surface area contributed by atoms with E-state index in [2.05, 4.69) is 42.5 Å². The number of hydrogen-bond donors (Lipinski definition) is 1. The van der Waals surface area contributed by atoms with Gasteiger partial charge >= 0.3 is 0 Å². The van der Waals surface area contributed by atoms with E-state index in [4.69, 9.17) is 0 Å². The van der Waals surface area contributed by atoms with Crippen molar-refractivity contribution in [3.05, 3.63) is 29.3 Å². The first-order valence-corrected chi connectivity index (χ1v) is 6.72. The van der Waals surface area contributed by atoms with Gasteiger partial charge in [0, 0.05) is 19.8 Å². The van der Waals surface area contributed by atoms with Crippen LogP contribution in [-0.4, -0.2) is 19.6 Å². The summed E-state index contributed by atoms with van der Waals surface area (Å²) in [6.45, 7) is 10.2. The fraction of sp³-hybridized carbons (Fsp3) is 0.571. The SMILES string of the molecule is Cc1cnn(C)c1CNc1cn(CC(C)C)nc1C.Cl. The highest BCUT2D eigenvalue weighted by Gasteiger charge is 2.08. The molecule has 2 heterocycles. The Balaban J connectivity index is 0.00000200. The van der Waals surface area contributed by atoms with Gasteiger partial charge < -0.3 is 5.32 Å². The highest BCUT2D eigenvalue weighted by Crippen LogP contribution is 2.16. The minimum Gasteiger partial charge on any atom is -0.377 e. The van der Waals surface area contributed by atoms with Crippen molar-refractivity contribution in [2.75, 3.05) is 5.32 Å². The number of rotatable bonds is 5. The zero-order chi connectivity index (χ0) is 14.0. The molecule has 0 fully saturated rings. The Kier molecular flexibility index (Phi) is 5.62. The first-order chi connectivity index (χ1) is 8.97. The Labute approximate surface area is 126 Å². The van der Waals surface area contributed by atoms with Gasteiger partial charge in [-0.2, -0.15) is 10.2 Å². The molecule has 0 bridgehead atoms. The van der Waals surface area contributed by atoms with Gasteiger partial charge in [-0.3, -0.25) is 9.36 Å². The molecule has 20 heavy (non-hydrogen) atoms. The van der Waals surface area contributed by atoms with Crippen LogP contribution in [0.2, 0.25) is 0 Å². The maximum absolute atomic E-state index is 4.53. The molecule has 2 aromatic heterocycles. The van der Waals surface area contributed by atoms with Crippen LogP contribution in [0.3, 0.4) is 0 Å². The van der Waals surface area contributed by atoms with Crippen LogP contribution in [0, 0.1) is 19.8 Å². The van der Waals surface area contributed by atoms with E-state index in [1.807, 2.05) is 29.5 Å². The minimum absolute atomic E-state index is 0. The Bertz CT molecular complexity index is 536. The Hall–Kier alpha value is -1.49. The third-order valence-electron chi connectivity index (χ3n) is 3.22. The first-order valence-electron chi connectivity index (χ1n) is 6.72. The van der Waals surface area contributed by atoms with Crippen molar-refractivity contribution < 1.29 is 0 Å². The molecule has 0 radical (unpaired) electrons. The zero-order valence-electron chi connectivity index (χ0n) is 12.8. The molecule has 0 saturated carbocycles. The highest BCUT2D eigenvalue weighted by atomic mass is 35.5. The third kappa shape index (κ3) is 3.76. The van der Waals surface area contributed by atoms with Crippen molar-refractivity contribution in [1.29, 1.82) is 0 Å². The van der Waals surface area contributed by atoms with Crippen molar-refractivity contribution in [3.8, 4) is 0 Å². The van der Waals surface area contributed by atoms with E-state index in [1.54, 1.807) is 0 Å². The third-order valence-corrected chi connectivity index (χ3v) is 3.22. The lowest BCUT2D eigenvalue weighted by molar-refractivity contribution is 0.481. The smallest absolute Gasteiger partial charge is 0.0825 e. The highest BCUT2D eigenvalue weighted by molar-refractivity contribution is 5.85. The monoisotopic (exact) mass is 297 g/mol. The maximum atomic E-state index is 4.53. The van der Waals surface area contributed by atoms with Crippen LogP contribution in [0.5, 0.6) is 0 Å². The summed E-state index contributed by atoms with van der Waals surface area (Å²) in [5.74, 6) is 0.603. The van der Waals surface area contributed by atoms with Crippen LogP contribution in [0.25, 0.3) is 0 Å². The van der Waals surface area contributed by atoms with Gasteiger partial charge in [-0.1, -0.05) is 13.8 Å². The molecular weight excluding hydrogens is 274 g/mol. The molecule has 0 aliphatic heterocycles. The topological polar surface area (TPSA) is 47.7 Å². The average molecular weight is 298 g/mol. The normalized spacial score (nSPS) is 10.7. The Morgan fingerprint density at radius 3 is 2.55 bits per heavy atom. The van der Waals surface area contributed by atoms with Crippen LogP contribution in [0.15, 0.2) is 12.4 Å². The number of aryl methyl sites for hydroxylation is 3. The summed E-state index contributed by atoms with van der Waals surface area (Å²) in [5, 5.41) is 12.2. The molecule has 2 rings (SSSR count). The average Bonchev–Trinajstić information content (AvgIpc) is 2.80. The number of nitrogens with zero attached hydrogens (tertiary/aromatic N) is 4. The zero-order valence-corrected chi connectivity index (χ0v) is 13.7. The summed E-state index contributed by atoms with van der Waals surface area (Å²) >= 11 is 0. The molecular formula is C14H24ClN5. The van der Waals surface area contributed by atoms with Crippen LogP contribution in [0.4, 0.5) is 5.69 Å². The van der Waals surface area contributed by atoms with Crippen molar-refractivity contribution >= 4 is 18.1 Å². The molecule has 112 valence electrons. The van der Waals surface area contributed by atoms with Crippen molar-refractivity contribution in [1.82, 2.24) is 19.6 Å². The quantitative estimate of drug-likeness (QED) is 0.923. The van der Waals surface area contributed by atoms with Crippen LogP contribution in [-0.2, 0) is 20.1 Å². The molecule has 6 heteroatoms. The number of nitrogens with one attached hydrogen (secondary N) is 1. The van der Waals surface area contributed by atoms with Crippen molar-refractivity contribution in [2.45, 2.75) is 40.8 Å². The largest absolute Gasteiger partial charge is 0.377 e. The van der Waals surface area contributed by atoms with E-state index in [-0.39, 0.29) is 12.4 Å². The van der Waals surface area contributed by atoms with Crippen LogP contribution in [0.1, 0.15) is 30.8 Å². The second kappa shape index (κ2) is 6.79. The van der Waals surface area contributed by atoms with Gasteiger partial charge in [-0.25, -0.2) is 0 Å². The fourth-order valence-electron chi connectivity index (χ4n) is 2.16. The minimum atomic E-state index is 0. The lowest BCUT2D eigenvalue weighted by Crippen LogP contribution is -2.07. The first kappa shape index (κ1) is 16.6. The summed E-state index contributed by atoms with van der Waals surface area (Å²) in [4.78, 5) is 0. The summed E-state index contributed by atoms with van der Waals surface area (Å²) in [7, 11) is 1.97. The Morgan fingerprint density at radius 2 is 2.00 bits per heavy atom. The van der Waals surface area contributed by atoms with Gasteiger partial charge in [-0.15, -0.1) is 12.4 Å². The summed E-state index contributed by atoms with van der Waals surface area (Å²) < 4.78 is 3.93. The Morgan fingerprint density at radius 1 is 1.30 bits per heavy atom. The second-order valence-corrected chi connectivity index (χ2v) is 5.50. The fourth-order valence-corrected chi connectivity index (χ4v) is 2.16. The summed E-state index contributed by atoms with van der Waals surface area (Å²) in [6, 6.07) is 0. The molecule has 0 spiro atoms. The van der Waals surface area contributed by atoms with E-state index in [9.17, 15) is 0 Å². The predicted octanol–water partition coefficient (Wildman–Crippen LogP) is 2.92. The lowest BCUT2D eigenvalue weighted by atomic mass is 10.2. The number of anilines is 1. The molecule has 0 aliphatic carbocycles. The summed E-state index contributed by atoms with van der Waals surface area (Å²) in [5.41, 5.74) is 4.56. The standard InChI is InChI=1S/C14H23N5.ClH/c1-10(2)8-19-9-13(12(4)17-19)15-7-14-11(3)6-16-18(14)5;/h6,9-10,15H,7-8H2,1-5H3;1H. The van der Waals surface area contributed by atoms with Crippen LogP contribution >= 0.6 is 12.4 Å². The van der Waals surface area contributed by atoms with Crippen LogP contribution < -0.4 is 5.32 Å². The number of halogens is 1. The number of aromatic nitrogens is 4. The molecule has 0 aromatic carbocycles. The van der Waals surface area contributed by atoms with E-state index in [1.165, 1.54) is 11.3 Å². The van der Waals surface area contributed by atoms with E-state index in [0.29, 0.717) is 5.92 Å². The summed E-state index contributed by atoms with van der Waals surface area (Å²) in [6.07, 6.45) is 3.98. The van der Waals surface area contributed by atoms with Gasteiger partial charge in [0.25, 0.3) is 0 Å². The number of hydrogen-bond acceptors (Lipinski definition) is 3. The van der Waals surface area contributed by atoms with Gasteiger partial charge in [0.2, 0.25) is 0 Å². The van der Waals surface area contributed by atoms with Gasteiger partial charge in [0.05, 0.1) is 29.8 Å². The molecule has 5 nitrogen and oxygen atoms in total. The van der Waals surface area contributed by atoms with E-state index < -0.39 is 0 Å². The van der Waals surface area contributed by atoms with E-state index >= 15 is 0 Å². The van der Waals surface area contributed by atoms with Crippen molar-refractivity contribution in [3.63, 3.8) is 0 Å². The molecule has 1 N–H and O–H groups in total. The molecule has 0 aliphatic rings. The molecule has 0 amide bonds. The van der Waals surface area contributed by atoms with Gasteiger partial charge in [0.15, 0.2) is 0 Å². The van der Waals surface area contributed by atoms with Gasteiger partial charge in [0.1, 0.15) is 0 Å². The molecule has 0 unspecified atom stereocenters.